The lowest BCUT2D eigenvalue weighted by Crippen LogP contribution is -2.24. The Balaban J connectivity index is 1.34. The second-order valence-electron chi connectivity index (χ2n) is 10.4. The van der Waals surface area contributed by atoms with E-state index in [0.717, 1.165) is 5.56 Å². The predicted molar refractivity (Wildman–Crippen MR) is 160 cm³/mol. The highest BCUT2D eigenvalue weighted by Crippen LogP contribution is 2.30. The fraction of sp³-hybridized carbons (Fsp3) is 0.200. The van der Waals surface area contributed by atoms with Crippen LogP contribution in [-0.4, -0.2) is 42.2 Å². The van der Waals surface area contributed by atoms with Gasteiger partial charge >= 0.3 is 11.8 Å². The maximum atomic E-state index is 15.2. The van der Waals surface area contributed by atoms with Crippen molar-refractivity contribution in [3.8, 4) is 22.5 Å². The maximum Gasteiger partial charge on any atom is 0.315 e. The summed E-state index contributed by atoms with van der Waals surface area (Å²) in [6.45, 7) is 5.66. The van der Waals surface area contributed by atoms with Crippen LogP contribution in [0.15, 0.2) is 71.4 Å². The monoisotopic (exact) mass is 631 g/mol. The number of pyridine rings is 1. The van der Waals surface area contributed by atoms with Gasteiger partial charge in [0.15, 0.2) is 11.5 Å². The molecule has 10 nitrogen and oxygen atoms in total. The van der Waals surface area contributed by atoms with Crippen molar-refractivity contribution >= 4 is 44.6 Å². The third kappa shape index (κ3) is 6.44. The first-order chi connectivity index (χ1) is 20.1. The van der Waals surface area contributed by atoms with E-state index in [4.69, 9.17) is 4.52 Å². The van der Waals surface area contributed by atoms with Crippen LogP contribution in [0.4, 0.5) is 10.1 Å². The van der Waals surface area contributed by atoms with Crippen LogP contribution in [0.2, 0.25) is 0 Å². The van der Waals surface area contributed by atoms with Crippen molar-refractivity contribution in [1.29, 1.82) is 0 Å². The van der Waals surface area contributed by atoms with E-state index in [1.165, 1.54) is 12.1 Å². The van der Waals surface area contributed by atoms with Crippen molar-refractivity contribution in [1.82, 2.24) is 30.4 Å². The molecule has 0 spiro atoms. The second kappa shape index (κ2) is 12.0. The van der Waals surface area contributed by atoms with E-state index in [1.54, 1.807) is 42.6 Å². The first-order valence-corrected chi connectivity index (χ1v) is 14.1. The van der Waals surface area contributed by atoms with Gasteiger partial charge in [0.05, 0.1) is 5.52 Å². The average molecular weight is 632 g/mol. The molecule has 0 aliphatic rings. The molecule has 3 heterocycles. The van der Waals surface area contributed by atoms with E-state index in [1.807, 2.05) is 32.9 Å². The highest BCUT2D eigenvalue weighted by atomic mass is 79.9. The normalized spacial score (nSPS) is 11.7. The summed E-state index contributed by atoms with van der Waals surface area (Å²) in [6, 6.07) is 13.8. The molecule has 2 amide bonds. The minimum atomic E-state index is -0.582. The standard InChI is InChI=1S/C30H27BrFN7O3/c1-30(2,3)29-38-28(42-39-29)27(41)34-16-19-10-9-17(15-22(19)32)21-11-13-33-26-24(21)36-25(37-26)18-6-4-7-20(14-18)35-23(40)8-5-12-31/h4-11,13-15H,12,16H2,1-3H3,(H,34,41)(H,35,40)(H,33,36,37)/b8-5+. The number of nitrogens with one attached hydrogen (secondary N) is 3. The Morgan fingerprint density at radius 2 is 1.93 bits per heavy atom. The summed E-state index contributed by atoms with van der Waals surface area (Å²) in [4.78, 5) is 40.9. The fourth-order valence-electron chi connectivity index (χ4n) is 4.10. The average Bonchev–Trinajstić information content (AvgIpc) is 3.64. The minimum Gasteiger partial charge on any atom is -0.344 e. The lowest BCUT2D eigenvalue weighted by molar-refractivity contribution is -0.111. The molecule has 0 bridgehead atoms. The molecule has 0 atom stereocenters. The predicted octanol–water partition coefficient (Wildman–Crippen LogP) is 5.93. The van der Waals surface area contributed by atoms with Crippen LogP contribution in [0.3, 0.4) is 0 Å². The molecule has 214 valence electrons. The van der Waals surface area contributed by atoms with Gasteiger partial charge in [0.1, 0.15) is 11.6 Å². The molecule has 0 aliphatic carbocycles. The first kappa shape index (κ1) is 28.8. The van der Waals surface area contributed by atoms with E-state index < -0.39 is 11.7 Å². The Bertz CT molecular complexity index is 1810. The molecular weight excluding hydrogens is 605 g/mol. The van der Waals surface area contributed by atoms with Gasteiger partial charge in [-0.1, -0.05) is 72.2 Å². The van der Waals surface area contributed by atoms with Gasteiger partial charge in [0, 0.05) is 51.9 Å². The van der Waals surface area contributed by atoms with Crippen LogP contribution in [0.25, 0.3) is 33.7 Å². The zero-order valence-electron chi connectivity index (χ0n) is 23.0. The van der Waals surface area contributed by atoms with Gasteiger partial charge in [0.25, 0.3) is 0 Å². The van der Waals surface area contributed by atoms with E-state index in [9.17, 15) is 9.59 Å². The fourth-order valence-corrected chi connectivity index (χ4v) is 4.28. The van der Waals surface area contributed by atoms with Crippen LogP contribution >= 0.6 is 15.9 Å². The van der Waals surface area contributed by atoms with Crippen LogP contribution in [-0.2, 0) is 16.8 Å². The number of aromatic amines is 1. The van der Waals surface area contributed by atoms with Crippen molar-refractivity contribution in [2.45, 2.75) is 32.7 Å². The Morgan fingerprint density at radius 3 is 2.67 bits per heavy atom. The van der Waals surface area contributed by atoms with E-state index in [-0.39, 0.29) is 23.8 Å². The number of allylic oxidation sites excluding steroid dienone is 1. The number of imidazole rings is 1. The number of hydrogen-bond acceptors (Lipinski definition) is 7. The lowest BCUT2D eigenvalue weighted by atomic mass is 9.96. The number of nitrogens with zero attached hydrogens (tertiary/aromatic N) is 4. The Labute approximate surface area is 249 Å². The number of carbonyl (C=O) groups excluding carboxylic acids is 2. The number of anilines is 1. The summed E-state index contributed by atoms with van der Waals surface area (Å²) < 4.78 is 20.2. The van der Waals surface area contributed by atoms with Gasteiger partial charge in [-0.3, -0.25) is 9.59 Å². The van der Waals surface area contributed by atoms with Gasteiger partial charge < -0.3 is 20.1 Å². The molecular formula is C30H27BrFN7O3. The highest BCUT2D eigenvalue weighted by molar-refractivity contribution is 9.09. The van der Waals surface area contributed by atoms with Crippen molar-refractivity contribution in [2.75, 3.05) is 10.6 Å². The summed E-state index contributed by atoms with van der Waals surface area (Å²) in [5, 5.41) is 9.87. The number of halogens is 2. The quantitative estimate of drug-likeness (QED) is 0.142. The molecule has 2 aromatic carbocycles. The molecule has 5 aromatic rings. The number of hydrogen-bond donors (Lipinski definition) is 3. The Morgan fingerprint density at radius 1 is 1.10 bits per heavy atom. The molecule has 5 rings (SSSR count). The maximum absolute atomic E-state index is 15.2. The van der Waals surface area contributed by atoms with Gasteiger partial charge in [-0.05, 0) is 29.8 Å². The third-order valence-electron chi connectivity index (χ3n) is 6.25. The number of amides is 2. The zero-order valence-corrected chi connectivity index (χ0v) is 24.6. The van der Waals surface area contributed by atoms with Crippen LogP contribution < -0.4 is 10.6 Å². The lowest BCUT2D eigenvalue weighted by Gasteiger charge is -2.10. The zero-order chi connectivity index (χ0) is 29.9. The van der Waals surface area contributed by atoms with Gasteiger partial charge in [-0.15, -0.1) is 0 Å². The van der Waals surface area contributed by atoms with Gasteiger partial charge in [-0.2, -0.15) is 4.98 Å². The van der Waals surface area contributed by atoms with Crippen molar-refractivity contribution in [2.24, 2.45) is 0 Å². The number of H-pyrrole nitrogens is 1. The van der Waals surface area contributed by atoms with Crippen LogP contribution in [0.1, 0.15) is 42.8 Å². The molecule has 42 heavy (non-hydrogen) atoms. The number of benzene rings is 2. The van der Waals surface area contributed by atoms with Crippen molar-refractivity contribution in [3.63, 3.8) is 0 Å². The molecule has 3 aromatic heterocycles. The van der Waals surface area contributed by atoms with E-state index in [2.05, 4.69) is 51.7 Å². The smallest absolute Gasteiger partial charge is 0.315 e. The molecule has 0 saturated heterocycles. The van der Waals surface area contributed by atoms with Crippen LogP contribution in [0, 0.1) is 5.82 Å². The number of aromatic nitrogens is 5. The molecule has 0 fully saturated rings. The van der Waals surface area contributed by atoms with E-state index in [0.29, 0.717) is 50.5 Å². The number of carbonyl (C=O) groups is 2. The van der Waals surface area contributed by atoms with Gasteiger partial charge in [0.2, 0.25) is 5.91 Å². The van der Waals surface area contributed by atoms with Crippen LogP contribution in [0.5, 0.6) is 0 Å². The summed E-state index contributed by atoms with van der Waals surface area (Å²) >= 11 is 3.25. The molecule has 3 N–H and O–H groups in total. The molecule has 0 radical (unpaired) electrons. The molecule has 0 saturated carbocycles. The number of alkyl halides is 1. The first-order valence-electron chi connectivity index (χ1n) is 13.0. The SMILES string of the molecule is CC(C)(C)c1noc(C(=O)NCc2ccc(-c3ccnc4nc(-c5cccc(NC(=O)/C=C/CBr)c5)[nH]c34)cc2F)n1. The van der Waals surface area contributed by atoms with Gasteiger partial charge in [-0.25, -0.2) is 14.4 Å². The second-order valence-corrected chi connectivity index (χ2v) is 11.1. The third-order valence-corrected chi connectivity index (χ3v) is 6.62. The highest BCUT2D eigenvalue weighted by Gasteiger charge is 2.24. The summed E-state index contributed by atoms with van der Waals surface area (Å²) in [5.41, 5.74) is 3.69. The van der Waals surface area contributed by atoms with Crippen molar-refractivity contribution in [3.05, 3.63) is 90.0 Å². The largest absolute Gasteiger partial charge is 0.344 e. The summed E-state index contributed by atoms with van der Waals surface area (Å²) in [6.07, 6.45) is 4.76. The number of rotatable bonds is 8. The Hall–Kier alpha value is -4.71. The summed E-state index contributed by atoms with van der Waals surface area (Å²) in [5.74, 6) is -0.531. The molecule has 12 heteroatoms. The Kier molecular flexibility index (Phi) is 8.25. The number of fused-ring (bicyclic) bond motifs is 1. The van der Waals surface area contributed by atoms with E-state index >= 15 is 4.39 Å². The molecule has 0 unspecified atom stereocenters. The minimum absolute atomic E-state index is 0.0586. The summed E-state index contributed by atoms with van der Waals surface area (Å²) in [7, 11) is 0. The topological polar surface area (TPSA) is 139 Å². The molecule has 0 aliphatic heterocycles. The van der Waals surface area contributed by atoms with Crippen molar-refractivity contribution < 1.29 is 18.5 Å².